The fraction of sp³-hybridized carbons (Fsp3) is 0.789. The highest BCUT2D eigenvalue weighted by Crippen LogP contribution is 2.38. The van der Waals surface area contributed by atoms with Crippen molar-refractivity contribution in [3.05, 3.63) is 23.9 Å². The lowest BCUT2D eigenvalue weighted by molar-refractivity contribution is 0.189. The van der Waals surface area contributed by atoms with Crippen molar-refractivity contribution in [1.29, 1.82) is 0 Å². The molecule has 0 heterocycles. The molecular weight excluding hydrogens is 316 g/mol. The molecule has 0 aliphatic rings. The van der Waals surface area contributed by atoms with E-state index in [0.717, 1.165) is 0 Å². The largest absolute Gasteiger partial charge is 0.410 e. The average molecular weight is 357 g/mol. The van der Waals surface area contributed by atoms with Crippen LogP contribution in [0.2, 0.25) is 37.8 Å². The van der Waals surface area contributed by atoms with Crippen molar-refractivity contribution in [2.24, 2.45) is 11.8 Å². The van der Waals surface area contributed by atoms with E-state index in [1.54, 1.807) is 0 Å². The predicted molar refractivity (Wildman–Crippen MR) is 109 cm³/mol. The monoisotopic (exact) mass is 356 g/mol. The van der Waals surface area contributed by atoms with Crippen molar-refractivity contribution in [2.45, 2.75) is 78.5 Å². The Morgan fingerprint density at radius 2 is 1.48 bits per heavy atom. The molecule has 0 aromatic heterocycles. The van der Waals surface area contributed by atoms with Gasteiger partial charge in [-0.05, 0) is 24.1 Å². The molecule has 0 spiro atoms. The second-order valence-corrected chi connectivity index (χ2v) is 19.3. The predicted octanol–water partition coefficient (Wildman–Crippen LogP) is 5.63. The van der Waals surface area contributed by atoms with Gasteiger partial charge in [0.25, 0.3) is 0 Å². The zero-order valence-corrected chi connectivity index (χ0v) is 19.1. The summed E-state index contributed by atoms with van der Waals surface area (Å²) in [4.78, 5) is 0. The van der Waals surface area contributed by atoms with Gasteiger partial charge in [-0.3, -0.25) is 0 Å². The lowest BCUT2D eigenvalue weighted by atomic mass is 10.0. The summed E-state index contributed by atoms with van der Waals surface area (Å²) in [7, 11) is -3.06. The van der Waals surface area contributed by atoms with E-state index in [1.807, 2.05) is 6.92 Å². The molecule has 1 N–H and O–H groups in total. The second-order valence-electron chi connectivity index (χ2n) is 9.47. The summed E-state index contributed by atoms with van der Waals surface area (Å²) < 4.78 is 6.69. The average Bonchev–Trinajstić information content (AvgIpc) is 2.37. The second kappa shape index (κ2) is 8.79. The first kappa shape index (κ1) is 22.8. The Morgan fingerprint density at radius 3 is 1.87 bits per heavy atom. The van der Waals surface area contributed by atoms with Crippen LogP contribution < -0.4 is 0 Å². The Balaban J connectivity index is 5.32. The van der Waals surface area contributed by atoms with E-state index in [2.05, 4.69) is 84.4 Å². The van der Waals surface area contributed by atoms with Gasteiger partial charge in [0.1, 0.15) is 0 Å². The number of aliphatic hydroxyl groups excluding tert-OH is 1. The third-order valence-electron chi connectivity index (χ3n) is 4.57. The standard InChI is InChI=1S/C19H40O2Si2/c1-16(15-20)11-12-17(2)18(13-14-22(6,7)8)21-23(9,10)19(3,4)5/h11-14,16-18,20H,15H2,1-10H3/b12-11+,14-13+/t16-,17-,18-/m1/s1. The van der Waals surface area contributed by atoms with Crippen LogP contribution in [0.1, 0.15) is 34.6 Å². The fourth-order valence-corrected chi connectivity index (χ4v) is 3.85. The van der Waals surface area contributed by atoms with Crippen molar-refractivity contribution >= 4 is 16.4 Å². The van der Waals surface area contributed by atoms with Crippen LogP contribution in [0.15, 0.2) is 23.9 Å². The van der Waals surface area contributed by atoms with E-state index < -0.39 is 16.4 Å². The first-order valence-electron chi connectivity index (χ1n) is 8.86. The van der Waals surface area contributed by atoms with Crippen molar-refractivity contribution < 1.29 is 9.53 Å². The lowest BCUT2D eigenvalue weighted by Crippen LogP contribution is -2.45. The Morgan fingerprint density at radius 1 is 0.957 bits per heavy atom. The Labute approximate surface area is 147 Å². The van der Waals surface area contributed by atoms with Gasteiger partial charge in [-0.15, -0.1) is 0 Å². The van der Waals surface area contributed by atoms with E-state index >= 15 is 0 Å². The Bertz CT molecular complexity index is 401. The lowest BCUT2D eigenvalue weighted by Gasteiger charge is -2.40. The molecule has 0 aliphatic heterocycles. The van der Waals surface area contributed by atoms with Crippen LogP contribution in [0, 0.1) is 11.8 Å². The summed E-state index contributed by atoms with van der Waals surface area (Å²) in [6.45, 7) is 23.0. The van der Waals surface area contributed by atoms with Gasteiger partial charge in [-0.2, -0.15) is 0 Å². The van der Waals surface area contributed by atoms with E-state index in [4.69, 9.17) is 4.43 Å². The number of rotatable bonds is 8. The molecule has 3 atom stereocenters. The van der Waals surface area contributed by atoms with Gasteiger partial charge < -0.3 is 9.53 Å². The zero-order valence-electron chi connectivity index (χ0n) is 17.1. The first-order valence-corrected chi connectivity index (χ1v) is 15.3. The van der Waals surface area contributed by atoms with Crippen LogP contribution in [-0.4, -0.2) is 34.2 Å². The molecule has 136 valence electrons. The van der Waals surface area contributed by atoms with Gasteiger partial charge in [0.2, 0.25) is 0 Å². The van der Waals surface area contributed by atoms with Crippen LogP contribution >= 0.6 is 0 Å². The topological polar surface area (TPSA) is 29.5 Å². The minimum absolute atomic E-state index is 0.116. The van der Waals surface area contributed by atoms with Gasteiger partial charge >= 0.3 is 0 Å². The maximum atomic E-state index is 9.21. The smallest absolute Gasteiger partial charge is 0.192 e. The number of hydrogen-bond acceptors (Lipinski definition) is 2. The molecule has 0 radical (unpaired) electrons. The van der Waals surface area contributed by atoms with Gasteiger partial charge in [-0.1, -0.05) is 78.2 Å². The van der Waals surface area contributed by atoms with E-state index in [9.17, 15) is 5.11 Å². The molecule has 0 unspecified atom stereocenters. The molecular formula is C19H40O2Si2. The molecule has 0 rings (SSSR count). The van der Waals surface area contributed by atoms with E-state index in [0.29, 0.717) is 5.92 Å². The number of aliphatic hydroxyl groups is 1. The fourth-order valence-electron chi connectivity index (χ4n) is 1.76. The molecule has 0 aromatic carbocycles. The van der Waals surface area contributed by atoms with Gasteiger partial charge in [0.15, 0.2) is 8.32 Å². The summed E-state index contributed by atoms with van der Waals surface area (Å²) in [6, 6.07) is 0. The molecule has 0 saturated carbocycles. The Hall–Kier alpha value is -0.166. The van der Waals surface area contributed by atoms with E-state index in [-0.39, 0.29) is 23.7 Å². The highest BCUT2D eigenvalue weighted by atomic mass is 28.4. The first-order chi connectivity index (χ1) is 10.2. The van der Waals surface area contributed by atoms with Gasteiger partial charge in [-0.25, -0.2) is 0 Å². The Kier molecular flexibility index (Phi) is 8.73. The molecule has 0 fully saturated rings. The summed E-state index contributed by atoms with van der Waals surface area (Å²) in [6.07, 6.45) is 6.72. The number of hydrogen-bond donors (Lipinski definition) is 1. The molecule has 0 saturated heterocycles. The molecule has 0 aromatic rings. The molecule has 2 nitrogen and oxygen atoms in total. The van der Waals surface area contributed by atoms with Crippen LogP contribution in [0.5, 0.6) is 0 Å². The molecule has 23 heavy (non-hydrogen) atoms. The van der Waals surface area contributed by atoms with Crippen molar-refractivity contribution in [2.75, 3.05) is 6.61 Å². The maximum Gasteiger partial charge on any atom is 0.192 e. The summed E-state index contributed by atoms with van der Waals surface area (Å²) in [5.74, 6) is 0.512. The molecule has 0 bridgehead atoms. The highest BCUT2D eigenvalue weighted by Gasteiger charge is 2.39. The molecule has 0 amide bonds. The van der Waals surface area contributed by atoms with Crippen LogP contribution in [-0.2, 0) is 4.43 Å². The van der Waals surface area contributed by atoms with Crippen LogP contribution in [0.3, 0.4) is 0 Å². The third kappa shape index (κ3) is 9.03. The summed E-state index contributed by atoms with van der Waals surface area (Å²) >= 11 is 0. The molecule has 4 heteroatoms. The minimum atomic E-state index is -1.81. The zero-order chi connectivity index (χ0) is 18.5. The highest BCUT2D eigenvalue weighted by molar-refractivity contribution is 6.81. The molecule has 0 aliphatic carbocycles. The summed E-state index contributed by atoms with van der Waals surface area (Å²) in [5.41, 5.74) is 2.39. The van der Waals surface area contributed by atoms with Gasteiger partial charge in [0, 0.05) is 12.5 Å². The quantitative estimate of drug-likeness (QED) is 0.451. The van der Waals surface area contributed by atoms with Crippen molar-refractivity contribution in [3.63, 3.8) is 0 Å². The van der Waals surface area contributed by atoms with Crippen molar-refractivity contribution in [1.82, 2.24) is 0 Å². The van der Waals surface area contributed by atoms with E-state index in [1.165, 1.54) is 0 Å². The van der Waals surface area contributed by atoms with Crippen LogP contribution in [0.25, 0.3) is 0 Å². The van der Waals surface area contributed by atoms with Crippen molar-refractivity contribution in [3.8, 4) is 0 Å². The van der Waals surface area contributed by atoms with Crippen LogP contribution in [0.4, 0.5) is 0 Å². The minimum Gasteiger partial charge on any atom is -0.410 e. The SMILES string of the molecule is C[C@H](/C=C/[C@@H](C)[C@@H](/C=C/[Si](C)(C)C)O[Si](C)(C)C(C)(C)C)CO. The third-order valence-corrected chi connectivity index (χ3v) is 10.2. The normalized spacial score (nSPS) is 18.6. The summed E-state index contributed by atoms with van der Waals surface area (Å²) in [5, 5.41) is 9.41. The van der Waals surface area contributed by atoms with Gasteiger partial charge in [0.05, 0.1) is 14.2 Å². The maximum absolute atomic E-state index is 9.21.